The van der Waals surface area contributed by atoms with Gasteiger partial charge in [-0.25, -0.2) is 4.79 Å². The number of carboxylic acids is 1. The van der Waals surface area contributed by atoms with Gasteiger partial charge >= 0.3 is 12.1 Å². The minimum Gasteiger partial charge on any atom is -0.480 e. The second-order valence-electron chi connectivity index (χ2n) is 6.71. The molecule has 1 rings (SSSR count). The Morgan fingerprint density at radius 1 is 1.38 bits per heavy atom. The Labute approximate surface area is 125 Å². The molecule has 7 heteroatoms. The van der Waals surface area contributed by atoms with E-state index >= 15 is 0 Å². The molecule has 4 N–H and O–H groups in total. The molecule has 0 spiro atoms. The Balaban J connectivity index is 2.62. The van der Waals surface area contributed by atoms with Crippen LogP contribution in [0.1, 0.15) is 34.1 Å². The molecule has 1 amide bonds. The van der Waals surface area contributed by atoms with Crippen molar-refractivity contribution >= 4 is 12.1 Å². The highest BCUT2D eigenvalue weighted by molar-refractivity contribution is 5.74. The summed E-state index contributed by atoms with van der Waals surface area (Å²) in [7, 11) is 0. The van der Waals surface area contributed by atoms with Crippen molar-refractivity contribution < 1.29 is 24.5 Å². The summed E-state index contributed by atoms with van der Waals surface area (Å²) in [5, 5.41) is 18.9. The van der Waals surface area contributed by atoms with Gasteiger partial charge in [0.2, 0.25) is 0 Å². The number of likely N-dealkylation sites (tertiary alicyclic amines) is 1. The van der Waals surface area contributed by atoms with Crippen molar-refractivity contribution in [1.29, 1.82) is 0 Å². The fourth-order valence-corrected chi connectivity index (χ4v) is 2.58. The number of nitrogens with zero attached hydrogens (tertiary/aromatic N) is 1. The number of rotatable bonds is 3. The summed E-state index contributed by atoms with van der Waals surface area (Å²) in [5.74, 6) is -1.51. The third kappa shape index (κ3) is 4.86. The van der Waals surface area contributed by atoms with Crippen LogP contribution in [0.5, 0.6) is 0 Å². The Kier molecular flexibility index (Phi) is 5.58. The summed E-state index contributed by atoms with van der Waals surface area (Å²) in [6.07, 6.45) is -0.995. The summed E-state index contributed by atoms with van der Waals surface area (Å²) in [6.45, 7) is 8.12. The predicted octanol–water partition coefficient (Wildman–Crippen LogP) is 0.652. The van der Waals surface area contributed by atoms with E-state index in [0.29, 0.717) is 19.5 Å². The summed E-state index contributed by atoms with van der Waals surface area (Å²) >= 11 is 0. The van der Waals surface area contributed by atoms with Crippen molar-refractivity contribution in [3.05, 3.63) is 0 Å². The van der Waals surface area contributed by atoms with Crippen LogP contribution in [0.2, 0.25) is 0 Å². The number of ether oxygens (including phenoxy) is 1. The van der Waals surface area contributed by atoms with Crippen LogP contribution in [0.4, 0.5) is 4.79 Å². The smallest absolute Gasteiger partial charge is 0.410 e. The van der Waals surface area contributed by atoms with Crippen LogP contribution in [-0.4, -0.2) is 58.0 Å². The number of carbonyl (C=O) groups is 2. The lowest BCUT2D eigenvalue weighted by Gasteiger charge is -2.40. The first-order valence-corrected chi connectivity index (χ1v) is 7.17. The van der Waals surface area contributed by atoms with Crippen LogP contribution in [-0.2, 0) is 9.53 Å². The molecule has 4 atom stereocenters. The molecule has 1 fully saturated rings. The summed E-state index contributed by atoms with van der Waals surface area (Å²) in [6, 6.07) is -1.30. The minimum absolute atomic E-state index is 0.0494. The zero-order chi connectivity index (χ0) is 16.4. The average Bonchev–Trinajstić information content (AvgIpc) is 2.34. The highest BCUT2D eigenvalue weighted by Crippen LogP contribution is 2.28. The van der Waals surface area contributed by atoms with Gasteiger partial charge in [0.1, 0.15) is 11.6 Å². The molecule has 0 aromatic rings. The second kappa shape index (κ2) is 6.62. The lowest BCUT2D eigenvalue weighted by molar-refractivity contribution is -0.143. The summed E-state index contributed by atoms with van der Waals surface area (Å²) < 4.78 is 5.31. The van der Waals surface area contributed by atoms with E-state index < -0.39 is 23.7 Å². The highest BCUT2D eigenvalue weighted by Gasteiger charge is 2.38. The molecule has 1 saturated heterocycles. The maximum Gasteiger partial charge on any atom is 0.410 e. The number of carboxylic acid groups (broad SMARTS) is 1. The number of nitrogens with two attached hydrogens (primary N) is 1. The molecule has 0 aromatic heterocycles. The minimum atomic E-state index is -1.30. The Hall–Kier alpha value is -1.34. The molecule has 0 saturated carbocycles. The quantitative estimate of drug-likeness (QED) is 0.705. The van der Waals surface area contributed by atoms with Gasteiger partial charge in [0.15, 0.2) is 0 Å². The highest BCUT2D eigenvalue weighted by atomic mass is 16.6. The van der Waals surface area contributed by atoms with Gasteiger partial charge in [0, 0.05) is 13.1 Å². The van der Waals surface area contributed by atoms with Gasteiger partial charge in [-0.05, 0) is 39.0 Å². The van der Waals surface area contributed by atoms with Crippen molar-refractivity contribution in [2.75, 3.05) is 13.1 Å². The van der Waals surface area contributed by atoms with Crippen LogP contribution in [0.25, 0.3) is 0 Å². The zero-order valence-electron chi connectivity index (χ0n) is 13.1. The third-order valence-electron chi connectivity index (χ3n) is 3.72. The van der Waals surface area contributed by atoms with Crippen LogP contribution < -0.4 is 5.73 Å². The third-order valence-corrected chi connectivity index (χ3v) is 3.72. The standard InChI is InChI=1S/C14H26N2O5/c1-8-7-16(13(20)21-14(2,3)4)6-5-9(8)11(17)10(15)12(18)19/h8-11,17H,5-7,15H2,1-4H3,(H,18,19). The molecule has 1 aliphatic heterocycles. The first-order chi connectivity index (χ1) is 9.53. The number of amides is 1. The van der Waals surface area contributed by atoms with Crippen molar-refractivity contribution in [1.82, 2.24) is 4.90 Å². The van der Waals surface area contributed by atoms with Crippen LogP contribution in [0, 0.1) is 11.8 Å². The fourth-order valence-electron chi connectivity index (χ4n) is 2.58. The first-order valence-electron chi connectivity index (χ1n) is 7.17. The monoisotopic (exact) mass is 302 g/mol. The van der Waals surface area contributed by atoms with Gasteiger partial charge in [0.25, 0.3) is 0 Å². The lowest BCUT2D eigenvalue weighted by atomic mass is 9.80. The van der Waals surface area contributed by atoms with E-state index in [-0.39, 0.29) is 17.9 Å². The van der Waals surface area contributed by atoms with Crippen LogP contribution in [0.3, 0.4) is 0 Å². The van der Waals surface area contributed by atoms with Crippen molar-refractivity contribution in [2.24, 2.45) is 17.6 Å². The number of carbonyl (C=O) groups excluding carboxylic acids is 1. The molecule has 0 aliphatic carbocycles. The number of aliphatic carboxylic acids is 1. The summed E-state index contributed by atoms with van der Waals surface area (Å²) in [4.78, 5) is 24.4. The van der Waals surface area contributed by atoms with Gasteiger partial charge in [-0.2, -0.15) is 0 Å². The maximum absolute atomic E-state index is 12.0. The predicted molar refractivity (Wildman–Crippen MR) is 76.7 cm³/mol. The second-order valence-corrected chi connectivity index (χ2v) is 6.71. The van der Waals surface area contributed by atoms with Gasteiger partial charge in [0.05, 0.1) is 6.10 Å². The normalized spacial score (nSPS) is 26.1. The van der Waals surface area contributed by atoms with E-state index in [2.05, 4.69) is 0 Å². The summed E-state index contributed by atoms with van der Waals surface area (Å²) in [5.41, 5.74) is 4.92. The zero-order valence-corrected chi connectivity index (χ0v) is 13.1. The molecular weight excluding hydrogens is 276 g/mol. The molecular formula is C14H26N2O5. The van der Waals surface area contributed by atoms with E-state index in [1.807, 2.05) is 6.92 Å². The molecule has 4 unspecified atom stereocenters. The van der Waals surface area contributed by atoms with Gasteiger partial charge in [-0.3, -0.25) is 4.79 Å². The number of piperidine rings is 1. The van der Waals surface area contributed by atoms with Gasteiger partial charge in [-0.15, -0.1) is 0 Å². The topological polar surface area (TPSA) is 113 Å². The average molecular weight is 302 g/mol. The van der Waals surface area contributed by atoms with E-state index in [0.717, 1.165) is 0 Å². The molecule has 21 heavy (non-hydrogen) atoms. The largest absolute Gasteiger partial charge is 0.480 e. The molecule has 0 radical (unpaired) electrons. The van der Waals surface area contributed by atoms with Crippen molar-refractivity contribution in [3.63, 3.8) is 0 Å². The van der Waals surface area contributed by atoms with Gasteiger partial charge < -0.3 is 25.6 Å². The van der Waals surface area contributed by atoms with E-state index in [1.54, 1.807) is 25.7 Å². The number of hydrogen-bond acceptors (Lipinski definition) is 5. The molecule has 1 heterocycles. The van der Waals surface area contributed by atoms with Crippen LogP contribution in [0.15, 0.2) is 0 Å². The Bertz CT molecular complexity index is 393. The maximum atomic E-state index is 12.0. The van der Waals surface area contributed by atoms with Gasteiger partial charge in [-0.1, -0.05) is 6.92 Å². The SMILES string of the molecule is CC1CN(C(=O)OC(C)(C)C)CCC1C(O)C(N)C(=O)O. The van der Waals surface area contributed by atoms with E-state index in [1.165, 1.54) is 0 Å². The fraction of sp³-hybridized carbons (Fsp3) is 0.857. The Morgan fingerprint density at radius 3 is 2.38 bits per heavy atom. The van der Waals surface area contributed by atoms with E-state index in [4.69, 9.17) is 15.6 Å². The molecule has 122 valence electrons. The molecule has 7 nitrogen and oxygen atoms in total. The molecule has 0 bridgehead atoms. The van der Waals surface area contributed by atoms with Crippen molar-refractivity contribution in [3.8, 4) is 0 Å². The first kappa shape index (κ1) is 17.7. The van der Waals surface area contributed by atoms with E-state index in [9.17, 15) is 14.7 Å². The Morgan fingerprint density at radius 2 is 1.95 bits per heavy atom. The number of aliphatic hydroxyl groups excluding tert-OH is 1. The van der Waals surface area contributed by atoms with Crippen LogP contribution >= 0.6 is 0 Å². The lowest BCUT2D eigenvalue weighted by Crippen LogP contribution is -2.53. The molecule has 0 aromatic carbocycles. The number of aliphatic hydroxyl groups is 1. The molecule has 1 aliphatic rings. The van der Waals surface area contributed by atoms with Crippen molar-refractivity contribution in [2.45, 2.75) is 51.9 Å². The number of hydrogen-bond donors (Lipinski definition) is 3.